The zero-order valence-corrected chi connectivity index (χ0v) is 24.3. The predicted molar refractivity (Wildman–Crippen MR) is 160 cm³/mol. The number of non-ortho nitro benzene ring substituents is 1. The van der Waals surface area contributed by atoms with Crippen molar-refractivity contribution in [3.63, 3.8) is 0 Å². The van der Waals surface area contributed by atoms with Crippen molar-refractivity contribution < 1.29 is 14.1 Å². The number of aliphatic imine (C=N–C) groups is 1. The molecule has 2 aromatic heterocycles. The van der Waals surface area contributed by atoms with Gasteiger partial charge in [0.1, 0.15) is 10.8 Å². The number of amides is 1. The monoisotopic (exact) mass is 573 g/mol. The Balaban J connectivity index is 1.51. The molecule has 0 unspecified atom stereocenters. The van der Waals surface area contributed by atoms with Gasteiger partial charge in [0.05, 0.1) is 23.3 Å². The van der Waals surface area contributed by atoms with Gasteiger partial charge < -0.3 is 9.73 Å². The highest BCUT2D eigenvalue weighted by Crippen LogP contribution is 2.45. The van der Waals surface area contributed by atoms with Gasteiger partial charge in [0.2, 0.25) is 0 Å². The van der Waals surface area contributed by atoms with Gasteiger partial charge in [0.15, 0.2) is 0 Å². The van der Waals surface area contributed by atoms with Crippen molar-refractivity contribution >= 4 is 45.9 Å². The maximum atomic E-state index is 13.5. The summed E-state index contributed by atoms with van der Waals surface area (Å²) >= 11 is 3.07. The van der Waals surface area contributed by atoms with Crippen LogP contribution < -0.4 is 5.32 Å². The zero-order chi connectivity index (χ0) is 28.3. The van der Waals surface area contributed by atoms with E-state index in [1.807, 2.05) is 36.4 Å². The number of rotatable bonds is 8. The number of hydrogen-bond donors (Lipinski definition) is 1. The third-order valence-electron chi connectivity index (χ3n) is 7.20. The van der Waals surface area contributed by atoms with Crippen molar-refractivity contribution in [3.05, 3.63) is 104 Å². The summed E-state index contributed by atoms with van der Waals surface area (Å²) in [6, 6.07) is 18.3. The van der Waals surface area contributed by atoms with Crippen molar-refractivity contribution in [1.29, 1.82) is 0 Å². The fourth-order valence-corrected chi connectivity index (χ4v) is 7.07. The molecule has 1 atom stereocenters. The van der Waals surface area contributed by atoms with Gasteiger partial charge >= 0.3 is 0 Å². The molecule has 2 aromatic carbocycles. The molecule has 0 fully saturated rings. The number of carbonyl (C=O) groups excluding carboxylic acids is 1. The molecule has 7 nitrogen and oxygen atoms in total. The molecule has 4 aromatic rings. The van der Waals surface area contributed by atoms with Crippen LogP contribution in [0.1, 0.15) is 59.3 Å². The van der Waals surface area contributed by atoms with Gasteiger partial charge in [0.25, 0.3) is 11.6 Å². The molecule has 1 aliphatic rings. The number of nitrogens with zero attached hydrogens (tertiary/aromatic N) is 2. The largest absolute Gasteiger partial charge is 0.467 e. The summed E-state index contributed by atoms with van der Waals surface area (Å²) in [7, 11) is 0. The van der Waals surface area contributed by atoms with Crippen LogP contribution in [0.4, 0.5) is 10.7 Å². The summed E-state index contributed by atoms with van der Waals surface area (Å²) in [4.78, 5) is 32.5. The molecule has 0 radical (unpaired) electrons. The van der Waals surface area contributed by atoms with E-state index in [4.69, 9.17) is 9.41 Å². The Morgan fingerprint density at radius 2 is 2.00 bits per heavy atom. The SMILES string of the molecule is CC(C)(C)[C@H]1CCc2c(sc(N=Cc3cc([N+](=O)[O-])ccc3Sc3ccccc3)c2C(=O)NCc2ccco2)C1. The van der Waals surface area contributed by atoms with E-state index in [0.717, 1.165) is 34.6 Å². The van der Waals surface area contributed by atoms with Gasteiger partial charge in [-0.25, -0.2) is 4.99 Å². The lowest BCUT2D eigenvalue weighted by Gasteiger charge is -2.33. The van der Waals surface area contributed by atoms with Crippen LogP contribution in [0.3, 0.4) is 0 Å². The summed E-state index contributed by atoms with van der Waals surface area (Å²) in [5.74, 6) is 1.00. The maximum absolute atomic E-state index is 13.5. The maximum Gasteiger partial charge on any atom is 0.270 e. The van der Waals surface area contributed by atoms with Crippen LogP contribution in [-0.4, -0.2) is 17.0 Å². The Labute approximate surface area is 241 Å². The van der Waals surface area contributed by atoms with Gasteiger partial charge in [-0.1, -0.05) is 50.7 Å². The number of benzene rings is 2. The Kier molecular flexibility index (Phi) is 8.23. The van der Waals surface area contributed by atoms with Crippen LogP contribution in [0, 0.1) is 21.4 Å². The number of hydrogen-bond acceptors (Lipinski definition) is 7. The fraction of sp³-hybridized carbons (Fsp3) is 0.290. The minimum absolute atomic E-state index is 0.00577. The normalized spacial score (nSPS) is 15.2. The van der Waals surface area contributed by atoms with E-state index in [-0.39, 0.29) is 23.6 Å². The summed E-state index contributed by atoms with van der Waals surface area (Å²) in [6.45, 7) is 7.08. The van der Waals surface area contributed by atoms with Gasteiger partial charge in [-0.05, 0) is 66.5 Å². The second-order valence-corrected chi connectivity index (χ2v) is 13.1. The van der Waals surface area contributed by atoms with Crippen molar-refractivity contribution in [2.24, 2.45) is 16.3 Å². The Bertz CT molecular complexity index is 1540. The molecule has 40 heavy (non-hydrogen) atoms. The average molecular weight is 574 g/mol. The minimum Gasteiger partial charge on any atom is -0.467 e. The molecule has 5 rings (SSSR count). The average Bonchev–Trinajstić information content (AvgIpc) is 3.58. The molecule has 1 aliphatic carbocycles. The molecule has 0 saturated carbocycles. The molecule has 206 valence electrons. The third kappa shape index (κ3) is 6.37. The topological polar surface area (TPSA) is 97.7 Å². The standard InChI is InChI=1S/C31H31N3O4S2/c1-31(2,3)21-11-13-25-27(17-21)40-30(28(25)29(35)32-19-23-8-7-15-38-23)33-18-20-16-22(34(36)37)12-14-26(20)39-24-9-5-4-6-10-24/h4-10,12,14-16,18,21H,11,13,17,19H2,1-3H3,(H,32,35)/t21-/m0/s1. The highest BCUT2D eigenvalue weighted by molar-refractivity contribution is 7.99. The first-order valence-corrected chi connectivity index (χ1v) is 14.8. The van der Waals surface area contributed by atoms with Crippen LogP contribution in [0.15, 0.2) is 86.1 Å². The third-order valence-corrected chi connectivity index (χ3v) is 9.46. The molecule has 1 N–H and O–H groups in total. The summed E-state index contributed by atoms with van der Waals surface area (Å²) < 4.78 is 5.39. The molecule has 0 bridgehead atoms. The second-order valence-electron chi connectivity index (χ2n) is 10.9. The lowest BCUT2D eigenvalue weighted by atomic mass is 9.72. The fourth-order valence-electron chi connectivity index (χ4n) is 4.89. The summed E-state index contributed by atoms with van der Waals surface area (Å²) in [6.07, 6.45) is 5.97. The number of carbonyl (C=O) groups is 1. The first-order chi connectivity index (χ1) is 19.2. The number of fused-ring (bicyclic) bond motifs is 1. The second kappa shape index (κ2) is 11.8. The smallest absolute Gasteiger partial charge is 0.270 e. The highest BCUT2D eigenvalue weighted by atomic mass is 32.2. The van der Waals surface area contributed by atoms with Crippen LogP contribution in [-0.2, 0) is 19.4 Å². The predicted octanol–water partition coefficient (Wildman–Crippen LogP) is 8.23. The van der Waals surface area contributed by atoms with E-state index in [0.29, 0.717) is 27.8 Å². The van der Waals surface area contributed by atoms with Crippen LogP contribution in [0.2, 0.25) is 0 Å². The van der Waals surface area contributed by atoms with Crippen molar-refractivity contribution in [2.45, 2.75) is 56.4 Å². The van der Waals surface area contributed by atoms with Gasteiger partial charge in [-0.2, -0.15) is 0 Å². The van der Waals surface area contributed by atoms with Crippen molar-refractivity contribution in [2.75, 3.05) is 0 Å². The molecule has 0 spiro atoms. The molecular formula is C31H31N3O4S2. The van der Waals surface area contributed by atoms with Crippen molar-refractivity contribution in [1.82, 2.24) is 5.32 Å². The van der Waals surface area contributed by atoms with Crippen molar-refractivity contribution in [3.8, 4) is 0 Å². The van der Waals surface area contributed by atoms with E-state index in [2.05, 4.69) is 26.1 Å². The van der Waals surface area contributed by atoms with Crippen LogP contribution >= 0.6 is 23.1 Å². The van der Waals surface area contributed by atoms with E-state index >= 15 is 0 Å². The first kappa shape index (κ1) is 27.9. The van der Waals surface area contributed by atoms with E-state index in [1.54, 1.807) is 35.9 Å². The van der Waals surface area contributed by atoms with E-state index in [1.165, 1.54) is 28.8 Å². The van der Waals surface area contributed by atoms with Crippen LogP contribution in [0.5, 0.6) is 0 Å². The Hall–Kier alpha value is -3.69. The number of nitro groups is 1. The molecule has 2 heterocycles. The minimum atomic E-state index is -0.404. The number of nitro benzene ring substituents is 1. The zero-order valence-electron chi connectivity index (χ0n) is 22.7. The highest BCUT2D eigenvalue weighted by Gasteiger charge is 2.33. The van der Waals surface area contributed by atoms with Gasteiger partial charge in [0, 0.05) is 38.6 Å². The first-order valence-electron chi connectivity index (χ1n) is 13.2. The lowest BCUT2D eigenvalue weighted by molar-refractivity contribution is -0.384. The van der Waals surface area contributed by atoms with Gasteiger partial charge in [-0.15, -0.1) is 11.3 Å². The number of furan rings is 1. The molecule has 0 aliphatic heterocycles. The summed E-state index contributed by atoms with van der Waals surface area (Å²) in [5.41, 5.74) is 2.45. The summed E-state index contributed by atoms with van der Waals surface area (Å²) in [5, 5.41) is 15.2. The molecular weight excluding hydrogens is 542 g/mol. The Morgan fingerprint density at radius 1 is 1.20 bits per heavy atom. The quantitative estimate of drug-likeness (QED) is 0.130. The van der Waals surface area contributed by atoms with E-state index in [9.17, 15) is 14.9 Å². The Morgan fingerprint density at radius 3 is 2.70 bits per heavy atom. The van der Waals surface area contributed by atoms with Gasteiger partial charge in [-0.3, -0.25) is 14.9 Å². The number of thiophene rings is 1. The van der Waals surface area contributed by atoms with E-state index < -0.39 is 4.92 Å². The molecule has 9 heteroatoms. The molecule has 1 amide bonds. The lowest BCUT2D eigenvalue weighted by Crippen LogP contribution is -2.28. The number of nitrogens with one attached hydrogen (secondary N) is 1. The van der Waals surface area contributed by atoms with Crippen LogP contribution in [0.25, 0.3) is 0 Å². The molecule has 0 saturated heterocycles.